The molecule has 0 unspecified atom stereocenters. The number of ether oxygens (including phenoxy) is 1. The van der Waals surface area contributed by atoms with E-state index < -0.39 is 11.0 Å². The molecule has 1 aromatic carbocycles. The third kappa shape index (κ3) is 4.44. The third-order valence-electron chi connectivity index (χ3n) is 4.35. The van der Waals surface area contributed by atoms with Gasteiger partial charge < -0.3 is 15.0 Å². The zero-order valence-corrected chi connectivity index (χ0v) is 14.5. The monoisotopic (exact) mass is 350 g/mol. The maximum Gasteiger partial charge on any atom is 0.296 e. The molecule has 0 saturated carbocycles. The maximum absolute atomic E-state index is 12.5. The van der Waals surface area contributed by atoms with E-state index in [2.05, 4.69) is 5.32 Å². The SMILES string of the molecule is COc1ccc(NC(=O)[C@@H](C)N2CCN(C(C)=O)CC2)c([N+](=O)[O-])c1. The normalized spacial score (nSPS) is 16.2. The highest BCUT2D eigenvalue weighted by Crippen LogP contribution is 2.29. The number of hydrogen-bond donors (Lipinski definition) is 1. The Bertz CT molecular complexity index is 670. The van der Waals surface area contributed by atoms with E-state index in [0.29, 0.717) is 31.9 Å². The second-order valence-electron chi connectivity index (χ2n) is 5.85. The van der Waals surface area contributed by atoms with Crippen LogP contribution in [0.15, 0.2) is 18.2 Å². The lowest BCUT2D eigenvalue weighted by atomic mass is 10.2. The summed E-state index contributed by atoms with van der Waals surface area (Å²) in [5.74, 6) is 0.0354. The van der Waals surface area contributed by atoms with Gasteiger partial charge in [-0.3, -0.25) is 24.6 Å². The van der Waals surface area contributed by atoms with E-state index in [4.69, 9.17) is 4.74 Å². The minimum atomic E-state index is -0.561. The van der Waals surface area contributed by atoms with Gasteiger partial charge in [-0.15, -0.1) is 0 Å². The van der Waals surface area contributed by atoms with Gasteiger partial charge in [-0.1, -0.05) is 0 Å². The fourth-order valence-electron chi connectivity index (χ4n) is 2.72. The molecule has 0 aliphatic carbocycles. The summed E-state index contributed by atoms with van der Waals surface area (Å²) < 4.78 is 4.98. The fourth-order valence-corrected chi connectivity index (χ4v) is 2.72. The van der Waals surface area contributed by atoms with E-state index in [9.17, 15) is 19.7 Å². The Labute approximate surface area is 145 Å². The Balaban J connectivity index is 2.04. The van der Waals surface area contributed by atoms with Gasteiger partial charge in [0, 0.05) is 33.1 Å². The van der Waals surface area contributed by atoms with Gasteiger partial charge in [-0.05, 0) is 19.1 Å². The number of piperazine rings is 1. The molecule has 1 heterocycles. The molecule has 0 bridgehead atoms. The zero-order chi connectivity index (χ0) is 18.6. The minimum absolute atomic E-state index is 0.0191. The van der Waals surface area contributed by atoms with Crippen molar-refractivity contribution in [3.05, 3.63) is 28.3 Å². The molecule has 9 nitrogen and oxygen atoms in total. The van der Waals surface area contributed by atoms with Crippen molar-refractivity contribution in [2.24, 2.45) is 0 Å². The van der Waals surface area contributed by atoms with Gasteiger partial charge in [-0.2, -0.15) is 0 Å². The number of anilines is 1. The summed E-state index contributed by atoms with van der Waals surface area (Å²) in [6.07, 6.45) is 0. The number of hydrogen-bond acceptors (Lipinski definition) is 6. The highest BCUT2D eigenvalue weighted by Gasteiger charge is 2.27. The standard InChI is InChI=1S/C16H22N4O5/c1-11(18-6-8-19(9-7-18)12(2)21)16(22)17-14-5-4-13(25-3)10-15(14)20(23)24/h4-5,10-11H,6-9H2,1-3H3,(H,17,22)/t11-/m1/s1. The van der Waals surface area contributed by atoms with Gasteiger partial charge in [-0.25, -0.2) is 0 Å². The maximum atomic E-state index is 12.5. The number of rotatable bonds is 5. The van der Waals surface area contributed by atoms with Crippen LogP contribution in [0.2, 0.25) is 0 Å². The molecule has 1 fully saturated rings. The number of amides is 2. The summed E-state index contributed by atoms with van der Waals surface area (Å²) in [5, 5.41) is 13.8. The molecule has 1 N–H and O–H groups in total. The van der Waals surface area contributed by atoms with Crippen LogP contribution in [0.4, 0.5) is 11.4 Å². The molecule has 1 aromatic rings. The average molecular weight is 350 g/mol. The molecule has 2 amide bonds. The smallest absolute Gasteiger partial charge is 0.296 e. The largest absolute Gasteiger partial charge is 0.496 e. The summed E-state index contributed by atoms with van der Waals surface area (Å²) in [6, 6.07) is 3.82. The summed E-state index contributed by atoms with van der Waals surface area (Å²) in [7, 11) is 1.42. The van der Waals surface area contributed by atoms with Crippen molar-refractivity contribution in [3.8, 4) is 5.75 Å². The highest BCUT2D eigenvalue weighted by atomic mass is 16.6. The lowest BCUT2D eigenvalue weighted by Gasteiger charge is -2.36. The van der Waals surface area contributed by atoms with Crippen molar-refractivity contribution >= 4 is 23.2 Å². The number of nitrogens with zero attached hydrogens (tertiary/aromatic N) is 3. The van der Waals surface area contributed by atoms with Crippen molar-refractivity contribution in [3.63, 3.8) is 0 Å². The zero-order valence-electron chi connectivity index (χ0n) is 14.5. The van der Waals surface area contributed by atoms with Crippen LogP contribution >= 0.6 is 0 Å². The van der Waals surface area contributed by atoms with Crippen molar-refractivity contribution in [1.29, 1.82) is 0 Å². The van der Waals surface area contributed by atoms with Crippen molar-refractivity contribution in [2.75, 3.05) is 38.6 Å². The first-order chi connectivity index (χ1) is 11.8. The van der Waals surface area contributed by atoms with Crippen molar-refractivity contribution in [2.45, 2.75) is 19.9 Å². The van der Waals surface area contributed by atoms with Gasteiger partial charge in [0.15, 0.2) is 0 Å². The van der Waals surface area contributed by atoms with Gasteiger partial charge >= 0.3 is 0 Å². The van der Waals surface area contributed by atoms with Gasteiger partial charge in [0.2, 0.25) is 11.8 Å². The summed E-state index contributed by atoms with van der Waals surface area (Å²) in [6.45, 7) is 5.56. The Hall–Kier alpha value is -2.68. The Morgan fingerprint density at radius 1 is 1.28 bits per heavy atom. The van der Waals surface area contributed by atoms with Crippen LogP contribution in [0.25, 0.3) is 0 Å². The molecular weight excluding hydrogens is 328 g/mol. The predicted octanol–water partition coefficient (Wildman–Crippen LogP) is 1.09. The van der Waals surface area contributed by atoms with Gasteiger partial charge in [0.05, 0.1) is 24.1 Å². The number of carbonyl (C=O) groups excluding carboxylic acids is 2. The lowest BCUT2D eigenvalue weighted by Crippen LogP contribution is -2.53. The van der Waals surface area contributed by atoms with E-state index in [-0.39, 0.29) is 23.2 Å². The minimum Gasteiger partial charge on any atom is -0.496 e. The van der Waals surface area contributed by atoms with E-state index in [0.717, 1.165) is 0 Å². The van der Waals surface area contributed by atoms with E-state index in [1.54, 1.807) is 17.9 Å². The average Bonchev–Trinajstić information content (AvgIpc) is 2.61. The molecule has 1 aliphatic heterocycles. The first-order valence-electron chi connectivity index (χ1n) is 7.96. The molecule has 0 radical (unpaired) electrons. The van der Waals surface area contributed by atoms with Crippen molar-refractivity contribution < 1.29 is 19.2 Å². The topological polar surface area (TPSA) is 105 Å². The summed E-state index contributed by atoms with van der Waals surface area (Å²) >= 11 is 0. The van der Waals surface area contributed by atoms with Crippen LogP contribution in [0.3, 0.4) is 0 Å². The molecule has 2 rings (SSSR count). The third-order valence-corrected chi connectivity index (χ3v) is 4.35. The summed E-state index contributed by atoms with van der Waals surface area (Å²) in [5.41, 5.74) is -0.0914. The molecule has 136 valence electrons. The molecule has 1 aliphatic rings. The van der Waals surface area contributed by atoms with Crippen LogP contribution in [0.1, 0.15) is 13.8 Å². The number of nitro benzene ring substituents is 1. The molecular formula is C16H22N4O5. The van der Waals surface area contributed by atoms with E-state index >= 15 is 0 Å². The first-order valence-corrected chi connectivity index (χ1v) is 7.96. The number of benzene rings is 1. The molecule has 1 atom stereocenters. The molecule has 9 heteroatoms. The Morgan fingerprint density at radius 3 is 2.44 bits per heavy atom. The first kappa shape index (κ1) is 18.7. The van der Waals surface area contributed by atoms with Crippen LogP contribution in [-0.4, -0.2) is 65.9 Å². The second-order valence-corrected chi connectivity index (χ2v) is 5.85. The Morgan fingerprint density at radius 2 is 1.92 bits per heavy atom. The van der Waals surface area contributed by atoms with Gasteiger partial charge in [0.25, 0.3) is 5.69 Å². The molecule has 1 saturated heterocycles. The highest BCUT2D eigenvalue weighted by molar-refractivity contribution is 5.96. The number of methoxy groups -OCH3 is 1. The van der Waals surface area contributed by atoms with Crippen LogP contribution in [0, 0.1) is 10.1 Å². The second kappa shape index (κ2) is 7.93. The quantitative estimate of drug-likeness (QED) is 0.630. The fraction of sp³-hybridized carbons (Fsp3) is 0.500. The Kier molecular flexibility index (Phi) is 5.92. The van der Waals surface area contributed by atoms with Gasteiger partial charge in [0.1, 0.15) is 11.4 Å². The molecule has 0 spiro atoms. The van der Waals surface area contributed by atoms with Crippen LogP contribution in [-0.2, 0) is 9.59 Å². The number of nitro groups is 1. The van der Waals surface area contributed by atoms with E-state index in [1.807, 2.05) is 4.90 Å². The number of nitrogens with one attached hydrogen (secondary N) is 1. The predicted molar refractivity (Wildman–Crippen MR) is 91.6 cm³/mol. The lowest BCUT2D eigenvalue weighted by molar-refractivity contribution is -0.384. The van der Waals surface area contributed by atoms with Crippen LogP contribution < -0.4 is 10.1 Å². The number of carbonyl (C=O) groups is 2. The van der Waals surface area contributed by atoms with Crippen LogP contribution in [0.5, 0.6) is 5.75 Å². The van der Waals surface area contributed by atoms with Crippen molar-refractivity contribution in [1.82, 2.24) is 9.80 Å². The molecule has 0 aromatic heterocycles. The summed E-state index contributed by atoms with van der Waals surface area (Å²) in [4.78, 5) is 38.1. The van der Waals surface area contributed by atoms with E-state index in [1.165, 1.54) is 26.2 Å². The molecule has 25 heavy (non-hydrogen) atoms.